The minimum Gasteiger partial charge on any atom is -0.461 e. The van der Waals surface area contributed by atoms with Gasteiger partial charge in [0.1, 0.15) is 5.69 Å². The molecule has 0 bridgehead atoms. The number of hydrogen-bond acceptors (Lipinski definition) is 2. The van der Waals surface area contributed by atoms with Gasteiger partial charge in [-0.1, -0.05) is 78.9 Å². The molecule has 1 heterocycles. The Bertz CT molecular complexity index is 1060. The summed E-state index contributed by atoms with van der Waals surface area (Å²) in [5.41, 5.74) is 1.68. The average molecular weight is 387 g/mol. The zero-order valence-electron chi connectivity index (χ0n) is 16.0. The van der Waals surface area contributed by atoms with Crippen LogP contribution in [0.5, 0.6) is 0 Å². The van der Waals surface area contributed by atoms with Crippen molar-refractivity contribution in [1.29, 1.82) is 0 Å². The summed E-state index contributed by atoms with van der Waals surface area (Å²) in [5, 5.41) is 4.59. The van der Waals surface area contributed by atoms with Crippen LogP contribution in [0, 0.1) is 0 Å². The maximum Gasteiger partial charge on any atom is 0.355 e. The van der Waals surface area contributed by atoms with Crippen molar-refractivity contribution in [3.8, 4) is 0 Å². The van der Waals surface area contributed by atoms with E-state index in [1.807, 2.05) is 42.8 Å². The molecule has 0 spiro atoms. The van der Waals surface area contributed by atoms with Crippen molar-refractivity contribution in [2.45, 2.75) is 6.92 Å². The van der Waals surface area contributed by atoms with Crippen molar-refractivity contribution in [3.05, 3.63) is 90.6 Å². The normalized spacial score (nSPS) is 11.1. The fraction of sp³-hybridized carbons (Fsp3) is 0.125. The van der Waals surface area contributed by atoms with Crippen LogP contribution < -0.4 is 15.9 Å². The first-order valence-electron chi connectivity index (χ1n) is 9.37. The number of aromatic nitrogens is 1. The van der Waals surface area contributed by atoms with E-state index in [4.69, 9.17) is 4.74 Å². The van der Waals surface area contributed by atoms with E-state index in [9.17, 15) is 4.79 Å². The highest BCUT2D eigenvalue weighted by Crippen LogP contribution is 2.38. The van der Waals surface area contributed by atoms with Gasteiger partial charge in [0.05, 0.1) is 6.61 Å². The number of esters is 1. The maximum absolute atomic E-state index is 13.0. The lowest BCUT2D eigenvalue weighted by Gasteiger charge is -2.20. The lowest BCUT2D eigenvalue weighted by Crippen LogP contribution is -2.26. The van der Waals surface area contributed by atoms with Gasteiger partial charge in [0, 0.05) is 23.3 Å². The van der Waals surface area contributed by atoms with Gasteiger partial charge in [-0.05, 0) is 31.5 Å². The fourth-order valence-electron chi connectivity index (χ4n) is 3.59. The Kier molecular flexibility index (Phi) is 5.27. The van der Waals surface area contributed by atoms with Crippen LogP contribution in [-0.4, -0.2) is 17.1 Å². The van der Waals surface area contributed by atoms with Gasteiger partial charge in [0.15, 0.2) is 0 Å². The van der Waals surface area contributed by atoms with E-state index >= 15 is 0 Å². The zero-order valence-corrected chi connectivity index (χ0v) is 16.9. The number of aryl methyl sites for hydroxylation is 1. The van der Waals surface area contributed by atoms with Crippen molar-refractivity contribution in [1.82, 2.24) is 4.57 Å². The van der Waals surface area contributed by atoms with Gasteiger partial charge in [0.2, 0.25) is 0 Å². The highest BCUT2D eigenvalue weighted by molar-refractivity contribution is 7.80. The molecule has 0 fully saturated rings. The van der Waals surface area contributed by atoms with Gasteiger partial charge >= 0.3 is 5.97 Å². The number of fused-ring (bicyclic) bond motifs is 1. The van der Waals surface area contributed by atoms with Crippen LogP contribution in [0.4, 0.5) is 0 Å². The minimum absolute atomic E-state index is 0.268. The summed E-state index contributed by atoms with van der Waals surface area (Å²) in [5.74, 6) is -0.268. The third-order valence-electron chi connectivity index (χ3n) is 4.80. The first-order chi connectivity index (χ1) is 13.7. The number of ether oxygens (including phenoxy) is 1. The fourth-order valence-corrected chi connectivity index (χ4v) is 6.23. The first kappa shape index (κ1) is 18.5. The molecule has 140 valence electrons. The largest absolute Gasteiger partial charge is 0.461 e. The van der Waals surface area contributed by atoms with Crippen molar-refractivity contribution in [2.75, 3.05) is 6.61 Å². The summed E-state index contributed by atoms with van der Waals surface area (Å²) in [7, 11) is 1.04. The number of rotatable bonds is 5. The lowest BCUT2D eigenvalue weighted by molar-refractivity contribution is 0.0517. The van der Waals surface area contributed by atoms with Crippen LogP contribution in [0.15, 0.2) is 84.9 Å². The number of hydrogen-bond donors (Lipinski definition) is 0. The second kappa shape index (κ2) is 8.00. The van der Waals surface area contributed by atoms with E-state index in [-0.39, 0.29) is 5.97 Å². The molecule has 0 saturated carbocycles. The van der Waals surface area contributed by atoms with E-state index in [0.717, 1.165) is 16.2 Å². The van der Waals surface area contributed by atoms with Crippen LogP contribution in [0.25, 0.3) is 10.9 Å². The van der Waals surface area contributed by atoms with Crippen LogP contribution in [0.2, 0.25) is 0 Å². The molecule has 0 unspecified atom stereocenters. The lowest BCUT2D eigenvalue weighted by atomic mass is 10.2. The molecule has 0 aliphatic rings. The standard InChI is InChI=1S/C24H22NO2P/c1-3-27-24(26)22-23(20-16-10-11-17-21(20)25(22)2)28(18-12-6-4-7-13-18)19-14-8-5-9-15-19/h4-17H,3H2,1-2H3. The second-order valence-electron chi connectivity index (χ2n) is 6.50. The predicted molar refractivity (Wildman–Crippen MR) is 118 cm³/mol. The van der Waals surface area contributed by atoms with Crippen LogP contribution >= 0.6 is 7.92 Å². The van der Waals surface area contributed by atoms with Crippen molar-refractivity contribution in [3.63, 3.8) is 0 Å². The maximum atomic E-state index is 13.0. The van der Waals surface area contributed by atoms with Crippen LogP contribution in [0.1, 0.15) is 17.4 Å². The molecular formula is C24H22NO2P. The number of benzene rings is 3. The van der Waals surface area contributed by atoms with E-state index in [1.165, 1.54) is 10.6 Å². The molecule has 3 aromatic carbocycles. The molecule has 0 N–H and O–H groups in total. The van der Waals surface area contributed by atoms with Crippen LogP contribution in [0.3, 0.4) is 0 Å². The summed E-state index contributed by atoms with van der Waals surface area (Å²) >= 11 is 0. The second-order valence-corrected chi connectivity index (χ2v) is 8.65. The van der Waals surface area contributed by atoms with E-state index in [0.29, 0.717) is 12.3 Å². The summed E-state index contributed by atoms with van der Waals surface area (Å²) in [6, 6.07) is 29.1. The Morgan fingerprint density at radius 2 is 1.39 bits per heavy atom. The topological polar surface area (TPSA) is 31.2 Å². The number of para-hydroxylation sites is 1. The molecule has 1 aromatic heterocycles. The molecule has 28 heavy (non-hydrogen) atoms. The Hall–Kier alpha value is -2.90. The van der Waals surface area contributed by atoms with Gasteiger partial charge in [-0.25, -0.2) is 4.79 Å². The molecule has 0 atom stereocenters. The highest BCUT2D eigenvalue weighted by atomic mass is 31.1. The van der Waals surface area contributed by atoms with E-state index in [1.54, 1.807) is 0 Å². The van der Waals surface area contributed by atoms with Gasteiger partial charge in [-0.2, -0.15) is 0 Å². The first-order valence-corrected chi connectivity index (χ1v) is 10.7. The summed E-state index contributed by atoms with van der Waals surface area (Å²) in [4.78, 5) is 13.0. The van der Waals surface area contributed by atoms with Gasteiger partial charge in [-0.3, -0.25) is 0 Å². The summed E-state index contributed by atoms with van der Waals surface area (Å²) in [6.07, 6.45) is 0. The Labute approximate surface area is 166 Å². The van der Waals surface area contributed by atoms with Crippen molar-refractivity contribution >= 4 is 40.7 Å². The molecule has 4 heteroatoms. The highest BCUT2D eigenvalue weighted by Gasteiger charge is 2.29. The monoisotopic (exact) mass is 387 g/mol. The predicted octanol–water partition coefficient (Wildman–Crippen LogP) is 4.11. The SMILES string of the molecule is CCOC(=O)c1c(P(c2ccccc2)c2ccccc2)c2ccccc2n1C. The van der Waals surface area contributed by atoms with Gasteiger partial charge < -0.3 is 9.30 Å². The van der Waals surface area contributed by atoms with Gasteiger partial charge in [0.25, 0.3) is 0 Å². The quantitative estimate of drug-likeness (QED) is 0.381. The third-order valence-corrected chi connectivity index (χ3v) is 7.33. The molecule has 0 saturated heterocycles. The number of carbonyl (C=O) groups is 1. The van der Waals surface area contributed by atoms with Gasteiger partial charge in [-0.15, -0.1) is 0 Å². The molecule has 4 aromatic rings. The molecule has 0 aliphatic carbocycles. The average Bonchev–Trinajstić information content (AvgIpc) is 3.03. The molecule has 4 rings (SSSR count). The van der Waals surface area contributed by atoms with Crippen LogP contribution in [-0.2, 0) is 11.8 Å². The Morgan fingerprint density at radius 1 is 0.857 bits per heavy atom. The minimum atomic E-state index is -0.911. The van der Waals surface area contributed by atoms with E-state index < -0.39 is 7.92 Å². The molecular weight excluding hydrogens is 365 g/mol. The Morgan fingerprint density at radius 3 is 1.96 bits per heavy atom. The third kappa shape index (κ3) is 3.23. The van der Waals surface area contributed by atoms with Crippen molar-refractivity contribution in [2.24, 2.45) is 7.05 Å². The summed E-state index contributed by atoms with van der Waals surface area (Å²) in [6.45, 7) is 2.20. The molecule has 0 radical (unpaired) electrons. The van der Waals surface area contributed by atoms with E-state index in [2.05, 4.69) is 60.7 Å². The van der Waals surface area contributed by atoms with Crippen molar-refractivity contribution < 1.29 is 9.53 Å². The number of carbonyl (C=O) groups excluding carboxylic acids is 1. The Balaban J connectivity index is 2.06. The molecule has 0 amide bonds. The summed E-state index contributed by atoms with van der Waals surface area (Å²) < 4.78 is 7.43. The number of nitrogens with zero attached hydrogens (tertiary/aromatic N) is 1. The molecule has 0 aliphatic heterocycles. The molecule has 3 nitrogen and oxygen atoms in total. The smallest absolute Gasteiger partial charge is 0.355 e. The zero-order chi connectivity index (χ0) is 19.5.